The van der Waals surface area contributed by atoms with Gasteiger partial charge >= 0.3 is 24.1 Å². The number of alkyl carbamates (subject to hydrolysis) is 2. The van der Waals surface area contributed by atoms with Gasteiger partial charge in [0, 0.05) is 81.6 Å². The first kappa shape index (κ1) is 105. The van der Waals surface area contributed by atoms with Gasteiger partial charge in [-0.05, 0) is 81.9 Å². The molecule has 0 aromatic heterocycles. The molecule has 0 radical (unpaired) electrons. The van der Waals surface area contributed by atoms with E-state index in [0.29, 0.717) is 45.1 Å². The molecule has 1 aromatic rings. The molecule has 2 rings (SSSR count). The van der Waals surface area contributed by atoms with Crippen molar-refractivity contribution in [3.8, 4) is 0 Å². The molecule has 648 valence electrons. The molecular formula is C77H139N9O26. The Labute approximate surface area is 663 Å². The molecule has 1 aromatic carbocycles. The van der Waals surface area contributed by atoms with Gasteiger partial charge in [0.15, 0.2) is 18.9 Å². The summed E-state index contributed by atoms with van der Waals surface area (Å²) in [6.45, 7) is 21.8. The van der Waals surface area contributed by atoms with E-state index in [2.05, 4.69) is 31.9 Å². The number of esters is 1. The molecule has 1 fully saturated rings. The number of ether oxygens (including phenoxy) is 11. The van der Waals surface area contributed by atoms with E-state index < -0.39 is 121 Å². The van der Waals surface area contributed by atoms with Crippen LogP contribution in [-0.2, 0) is 96.9 Å². The summed E-state index contributed by atoms with van der Waals surface area (Å²) >= 11 is 0. The predicted molar refractivity (Wildman–Crippen MR) is 414 cm³/mol. The van der Waals surface area contributed by atoms with Crippen molar-refractivity contribution in [1.82, 2.24) is 46.6 Å². The number of aliphatic carboxylic acids is 1. The van der Waals surface area contributed by atoms with Gasteiger partial charge in [-0.2, -0.15) is 0 Å². The average Bonchev–Trinajstić information content (AvgIpc) is 1.79. The lowest BCUT2D eigenvalue weighted by molar-refractivity contribution is -0.181. The molecule has 0 spiro atoms. The second-order valence-electron chi connectivity index (χ2n) is 28.5. The van der Waals surface area contributed by atoms with Gasteiger partial charge in [0.25, 0.3) is 0 Å². The Morgan fingerprint density at radius 3 is 1.52 bits per heavy atom. The summed E-state index contributed by atoms with van der Waals surface area (Å²) in [5.74, 6) is -5.32. The van der Waals surface area contributed by atoms with Crippen molar-refractivity contribution in [2.75, 3.05) is 129 Å². The van der Waals surface area contributed by atoms with Gasteiger partial charge in [0.1, 0.15) is 31.3 Å². The summed E-state index contributed by atoms with van der Waals surface area (Å²) in [6, 6.07) is 4.94. The number of carboxylic acid groups (broad SMARTS) is 1. The first-order valence-electron chi connectivity index (χ1n) is 38.8. The van der Waals surface area contributed by atoms with Gasteiger partial charge in [-0.3, -0.25) is 38.5 Å². The van der Waals surface area contributed by atoms with E-state index in [0.717, 1.165) is 5.56 Å². The van der Waals surface area contributed by atoms with E-state index in [-0.39, 0.29) is 152 Å². The van der Waals surface area contributed by atoms with E-state index >= 15 is 0 Å². The highest BCUT2D eigenvalue weighted by atomic mass is 16.7. The Bertz CT molecular complexity index is 2780. The molecule has 1 heterocycles. The molecular weight excluding hydrogens is 1470 g/mol. The smallest absolute Gasteiger partial charge is 0.407 e. The summed E-state index contributed by atoms with van der Waals surface area (Å²) in [6.07, 6.45) is -2.69. The van der Waals surface area contributed by atoms with Crippen LogP contribution in [0, 0.1) is 29.6 Å². The molecule has 112 heavy (non-hydrogen) atoms. The van der Waals surface area contributed by atoms with Gasteiger partial charge in [-0.25, -0.2) is 14.4 Å². The van der Waals surface area contributed by atoms with E-state index in [9.17, 15) is 53.1 Å². The van der Waals surface area contributed by atoms with Crippen LogP contribution in [0.3, 0.4) is 0 Å². The highest BCUT2D eigenvalue weighted by Gasteiger charge is 2.44. The molecule has 35 heteroatoms. The zero-order valence-corrected chi connectivity index (χ0v) is 70.1. The summed E-state index contributed by atoms with van der Waals surface area (Å²) in [7, 11) is 12.6. The summed E-state index contributed by atoms with van der Waals surface area (Å²) in [4.78, 5) is 135. The predicted octanol–water partition coefficient (Wildman–Crippen LogP) is 3.11. The lowest BCUT2D eigenvalue weighted by Gasteiger charge is -2.41. The van der Waals surface area contributed by atoms with Crippen LogP contribution in [0.4, 0.5) is 9.59 Å². The van der Waals surface area contributed by atoms with E-state index in [1.54, 1.807) is 37.6 Å². The molecule has 0 saturated carbocycles. The SMILES string of the molecule is CCC(CO)OC(CO)OC.CCC(CO)OC(COC(=O)NCCC(=O)N[C@H](C(=O)OCCCNC(=O)[C@H](Cc1ccccc1)NC(=O)[C@H](C)[C@@H](OC)[C@@H]1CCCN1C(=O)C[C@@H](OC)[C@H]([C@@H](C)CC)N(C)C(=O)[C@@H](NC(=O)[C@H](C(C)C)N(C)C)C(C)C)C(C)C)OC.CCC(CO)OC(COC(=O)NCCC(=O)O)OC. The molecule has 8 amide bonds. The van der Waals surface area contributed by atoms with E-state index in [1.165, 1.54) is 35.5 Å². The number of hydrogen-bond acceptors (Lipinski definition) is 26. The number of benzene rings is 1. The Morgan fingerprint density at radius 1 is 0.562 bits per heavy atom. The maximum absolute atomic E-state index is 14.5. The highest BCUT2D eigenvalue weighted by molar-refractivity contribution is 5.91. The van der Waals surface area contributed by atoms with Crippen LogP contribution in [0.2, 0.25) is 0 Å². The van der Waals surface area contributed by atoms with Crippen LogP contribution in [0.25, 0.3) is 0 Å². The second-order valence-corrected chi connectivity index (χ2v) is 28.5. The van der Waals surface area contributed by atoms with Gasteiger partial charge < -0.3 is 119 Å². The zero-order valence-electron chi connectivity index (χ0n) is 70.1. The number of carbonyl (C=O) groups is 10. The Kier molecular flexibility index (Phi) is 55.9. The minimum absolute atomic E-state index is 0.00309. The molecule has 0 bridgehead atoms. The Morgan fingerprint density at radius 2 is 1.08 bits per heavy atom. The van der Waals surface area contributed by atoms with Crippen LogP contribution >= 0.6 is 0 Å². The van der Waals surface area contributed by atoms with Crippen molar-refractivity contribution < 1.29 is 126 Å². The number of likely N-dealkylation sites (tertiary alicyclic amines) is 1. The fourth-order valence-electron chi connectivity index (χ4n) is 12.1. The van der Waals surface area contributed by atoms with Gasteiger partial charge in [0.05, 0.1) is 100 Å². The van der Waals surface area contributed by atoms with Gasteiger partial charge in [-0.1, -0.05) is 120 Å². The molecule has 35 nitrogen and oxygen atoms in total. The largest absolute Gasteiger partial charge is 0.481 e. The molecule has 0 aliphatic carbocycles. The van der Waals surface area contributed by atoms with Crippen LogP contribution < -0.4 is 31.9 Å². The average molecular weight is 1610 g/mol. The van der Waals surface area contributed by atoms with Crippen LogP contribution in [0.1, 0.15) is 153 Å². The van der Waals surface area contributed by atoms with Crippen molar-refractivity contribution in [3.05, 3.63) is 35.9 Å². The number of aliphatic hydroxyl groups is 4. The van der Waals surface area contributed by atoms with Crippen molar-refractivity contribution >= 4 is 59.6 Å². The molecule has 6 unspecified atom stereocenters. The Hall–Kier alpha value is -7.00. The maximum Gasteiger partial charge on any atom is 0.407 e. The van der Waals surface area contributed by atoms with Crippen LogP contribution in [-0.4, -0.2) is 315 Å². The van der Waals surface area contributed by atoms with Gasteiger partial charge in [-0.15, -0.1) is 0 Å². The fraction of sp³-hybridized carbons (Fsp3) is 0.792. The fourth-order valence-corrected chi connectivity index (χ4v) is 12.1. The zero-order chi connectivity index (χ0) is 85.2. The number of nitrogens with one attached hydrogen (secondary N) is 6. The summed E-state index contributed by atoms with van der Waals surface area (Å²) in [5.41, 5.74) is 0.799. The summed E-state index contributed by atoms with van der Waals surface area (Å²) < 4.78 is 58.3. The van der Waals surface area contributed by atoms with Crippen LogP contribution in [0.15, 0.2) is 30.3 Å². The molecule has 16 atom stereocenters. The van der Waals surface area contributed by atoms with Gasteiger partial charge in [0.2, 0.25) is 35.4 Å². The highest BCUT2D eigenvalue weighted by Crippen LogP contribution is 2.30. The molecule has 1 aliphatic heterocycles. The first-order chi connectivity index (χ1) is 53.1. The number of carbonyl (C=O) groups excluding carboxylic acids is 9. The van der Waals surface area contributed by atoms with Crippen molar-refractivity contribution in [2.45, 2.75) is 239 Å². The number of rotatable bonds is 54. The lowest BCUT2D eigenvalue weighted by atomic mass is 9.89. The molecule has 1 saturated heterocycles. The molecule has 1 aliphatic rings. The third kappa shape index (κ3) is 40.3. The Balaban J connectivity index is 0.00000340. The number of likely N-dealkylation sites (N-methyl/N-ethyl adjacent to an activating group) is 2. The van der Waals surface area contributed by atoms with Crippen molar-refractivity contribution in [1.29, 1.82) is 0 Å². The molecule has 11 N–H and O–H groups in total. The maximum atomic E-state index is 14.5. The normalized spacial score (nSPS) is 16.8. The van der Waals surface area contributed by atoms with E-state index in [1.807, 2.05) is 112 Å². The lowest BCUT2D eigenvalue weighted by Crippen LogP contribution is -2.59. The van der Waals surface area contributed by atoms with Crippen molar-refractivity contribution in [2.24, 2.45) is 29.6 Å². The van der Waals surface area contributed by atoms with E-state index in [4.69, 9.17) is 72.5 Å². The monoisotopic (exact) mass is 1610 g/mol. The summed E-state index contributed by atoms with van der Waals surface area (Å²) in [5, 5.41) is 60.3. The number of carboxylic acids is 1. The third-order valence-electron chi connectivity index (χ3n) is 18.8. The van der Waals surface area contributed by atoms with Crippen molar-refractivity contribution in [3.63, 3.8) is 0 Å². The number of hydrogen-bond donors (Lipinski definition) is 11. The standard InChI is InChI=1S/C59H102N8O15.C11H21NO7.C7H16O4/c1-17-39(9)52(66(13)57(74)49(36(3)4)64-56(73)51(38(7)8)65(11)12)45(77-14)33-47(70)67-30-22-26-44(67)53(79-16)40(10)54(71)62-43(32-41-24-20-19-21-25-41)55(72)60-28-23-31-80-58(75)50(37(5)6)63-46(69)27-29-61-59(76)81-35-48(78-15)82-42(18-2)34-68;1-3-8(6-13)19-10(17-2)7-18-11(16)12-5-4-9(14)15;1-3-6(4-8)11-7(5-9)10-2/h19-21,24-25,36-40,42-45,48-53,68H,17-18,22-23,26-35H2,1-16H3,(H,60,72)(H,61,76)(H,62,71)(H,63,69)(H,64,73);8,10,13H,3-7H2,1-2H3,(H,12,16)(H,14,15);6-9H,3-5H2,1-2H3/t39-,40+,42?,43-,44-,45+,48?,49-,50-,51-,52-,53+;;/m0../s1. The minimum Gasteiger partial charge on any atom is -0.481 e. The third-order valence-corrected chi connectivity index (χ3v) is 18.8. The second kappa shape index (κ2) is 59.7. The quantitative estimate of drug-likeness (QED) is 0.0193. The number of methoxy groups -OCH3 is 5. The minimum atomic E-state index is -1.01. The number of amides is 8. The number of nitrogens with zero attached hydrogens (tertiary/aromatic N) is 3. The topological polar surface area (TPSA) is 455 Å². The number of aliphatic hydroxyl groups excluding tert-OH is 4. The first-order valence-corrected chi connectivity index (χ1v) is 38.8. The van der Waals surface area contributed by atoms with Crippen LogP contribution in [0.5, 0.6) is 0 Å².